The van der Waals surface area contributed by atoms with Gasteiger partial charge in [0, 0.05) is 65.7 Å². The van der Waals surface area contributed by atoms with Crippen LogP contribution < -0.4 is 21.3 Å². The Labute approximate surface area is 459 Å². The molecule has 8 atom stereocenters. The molecule has 0 spiro atoms. The maximum absolute atomic E-state index is 14.5. The van der Waals surface area contributed by atoms with Crippen LogP contribution in [0.3, 0.4) is 0 Å². The Kier molecular flexibility index (Phi) is 25.8. The van der Waals surface area contributed by atoms with Gasteiger partial charge >= 0.3 is 5.97 Å². The molecule has 0 aromatic heterocycles. The summed E-state index contributed by atoms with van der Waals surface area (Å²) in [6.45, 7) is 13.7. The van der Waals surface area contributed by atoms with Gasteiger partial charge in [-0.2, -0.15) is 0 Å². The molecule has 2 aromatic rings. The van der Waals surface area contributed by atoms with Crippen molar-refractivity contribution in [1.29, 1.82) is 0 Å². The average Bonchev–Trinajstić information content (AvgIpc) is 3.91. The Balaban J connectivity index is 1.23. The van der Waals surface area contributed by atoms with Crippen molar-refractivity contribution >= 4 is 58.9 Å². The quantitative estimate of drug-likeness (QED) is 0.0502. The predicted octanol–water partition coefficient (Wildman–Crippen LogP) is 3.90. The summed E-state index contributed by atoms with van der Waals surface area (Å²) < 4.78 is 23.0. The number of benzene rings is 2. The van der Waals surface area contributed by atoms with Crippen molar-refractivity contribution in [3.8, 4) is 0 Å². The predicted molar refractivity (Wildman–Crippen MR) is 290 cm³/mol. The number of hydrogen-bond donors (Lipinski definition) is 5. The number of nitrogens with zero attached hydrogens (tertiary/aromatic N) is 3. The number of aliphatic carboxylic acids is 1. The van der Waals surface area contributed by atoms with E-state index in [1.165, 1.54) is 37.9 Å². The molecule has 4 rings (SSSR count). The first-order valence-electron chi connectivity index (χ1n) is 27.2. The van der Waals surface area contributed by atoms with Gasteiger partial charge in [-0.15, -0.1) is 0 Å². The number of nitrogens with one attached hydrogen (secondary N) is 4. The highest BCUT2D eigenvalue weighted by Crippen LogP contribution is 2.30. The molecule has 8 amide bonds. The molecule has 2 aromatic carbocycles. The van der Waals surface area contributed by atoms with E-state index >= 15 is 0 Å². The number of amides is 8. The van der Waals surface area contributed by atoms with E-state index in [1.807, 2.05) is 32.0 Å². The first kappa shape index (κ1) is 64.2. The lowest BCUT2D eigenvalue weighted by atomic mass is 9.89. The highest BCUT2D eigenvalue weighted by molar-refractivity contribution is 5.99. The van der Waals surface area contributed by atoms with Gasteiger partial charge in [-0.3, -0.25) is 43.3 Å². The van der Waals surface area contributed by atoms with Gasteiger partial charge in [-0.1, -0.05) is 83.5 Å². The number of likely N-dealkylation sites (N-methyl/N-ethyl adjacent to an activating group) is 1. The Morgan fingerprint density at radius 3 is 1.99 bits per heavy atom. The molecule has 2 heterocycles. The van der Waals surface area contributed by atoms with Crippen LogP contribution in [0.25, 0.3) is 0 Å². The molecular formula is C57H85N7O14. The Morgan fingerprint density at radius 2 is 1.44 bits per heavy atom. The molecule has 21 heteroatoms. The van der Waals surface area contributed by atoms with Crippen LogP contribution >= 0.6 is 0 Å². The number of carbonyl (C=O) groups excluding carboxylic acids is 8. The summed E-state index contributed by atoms with van der Waals surface area (Å²) >= 11 is 0. The van der Waals surface area contributed by atoms with Crippen LogP contribution in [-0.4, -0.2) is 176 Å². The SMILES string of the molecule is CCC(C)C(C(CC(=O)N1CCC[C@H]1C(OC)C(C)C(=O)NC(Cc1ccccc1)C(=O)O)OC)N(C)C(=O)C(NC(=O)C(C)(C)NC(=O)CCOCCOCCC(=O)Nc1ccc(CCC(=O)N2CCC2=O)cc1)C(C)C. The first-order valence-corrected chi connectivity index (χ1v) is 27.2. The fourth-order valence-corrected chi connectivity index (χ4v) is 9.78. The second kappa shape index (κ2) is 31.3. The van der Waals surface area contributed by atoms with Crippen molar-refractivity contribution in [1.82, 2.24) is 30.7 Å². The molecule has 0 saturated carbocycles. The number of imide groups is 1. The highest BCUT2D eigenvalue weighted by atomic mass is 16.5. The zero-order valence-electron chi connectivity index (χ0n) is 47.3. The minimum absolute atomic E-state index is 0.0399. The highest BCUT2D eigenvalue weighted by Gasteiger charge is 2.44. The van der Waals surface area contributed by atoms with E-state index < -0.39 is 77.4 Å². The van der Waals surface area contributed by atoms with E-state index in [-0.39, 0.29) is 94.0 Å². The van der Waals surface area contributed by atoms with Gasteiger partial charge in [0.15, 0.2) is 0 Å². The van der Waals surface area contributed by atoms with Crippen LogP contribution in [0.4, 0.5) is 5.69 Å². The number of carboxylic acids is 1. The summed E-state index contributed by atoms with van der Waals surface area (Å²) in [5.74, 6) is -5.28. The Bertz CT molecular complexity index is 2330. The third-order valence-corrected chi connectivity index (χ3v) is 14.7. The Morgan fingerprint density at radius 1 is 0.795 bits per heavy atom. The van der Waals surface area contributed by atoms with Crippen LogP contribution in [0.2, 0.25) is 0 Å². The van der Waals surface area contributed by atoms with Gasteiger partial charge < -0.3 is 55.1 Å². The van der Waals surface area contributed by atoms with E-state index in [0.717, 1.165) is 11.1 Å². The summed E-state index contributed by atoms with van der Waals surface area (Å²) in [6, 6.07) is 12.9. The molecule has 2 fully saturated rings. The van der Waals surface area contributed by atoms with Crippen LogP contribution in [0.1, 0.15) is 111 Å². The van der Waals surface area contributed by atoms with Crippen LogP contribution in [0, 0.1) is 17.8 Å². The van der Waals surface area contributed by atoms with Crippen LogP contribution in [-0.2, 0) is 74.9 Å². The van der Waals surface area contributed by atoms with Crippen LogP contribution in [0.5, 0.6) is 0 Å². The maximum Gasteiger partial charge on any atom is 0.326 e. The monoisotopic (exact) mass is 1090 g/mol. The van der Waals surface area contributed by atoms with Gasteiger partial charge in [0.25, 0.3) is 0 Å². The third kappa shape index (κ3) is 19.0. The lowest BCUT2D eigenvalue weighted by Crippen LogP contribution is -2.62. The largest absolute Gasteiger partial charge is 0.480 e. The summed E-state index contributed by atoms with van der Waals surface area (Å²) in [5, 5.41) is 21.0. The molecule has 0 aliphatic carbocycles. The molecule has 78 heavy (non-hydrogen) atoms. The smallest absolute Gasteiger partial charge is 0.326 e. The van der Waals surface area contributed by atoms with Crippen molar-refractivity contribution in [3.63, 3.8) is 0 Å². The zero-order valence-corrected chi connectivity index (χ0v) is 47.3. The maximum atomic E-state index is 14.5. The normalized spacial score (nSPS) is 17.2. The van der Waals surface area contributed by atoms with E-state index in [1.54, 1.807) is 69.1 Å². The molecule has 5 N–H and O–H groups in total. The Hall–Kier alpha value is -6.29. The molecular weight excluding hydrogens is 1010 g/mol. The molecule has 7 unspecified atom stereocenters. The summed E-state index contributed by atoms with van der Waals surface area (Å²) in [4.78, 5) is 122. The number of anilines is 1. The standard InChI is InChI=1S/C57H85N7O14/c1-11-37(4)51(44(75-9)35-49(69)63-28-15-18-43(63)52(76-10)38(5)53(70)59-42(55(72)73)34-40-16-13-12-14-17-40)62(8)54(71)50(36(2)3)60-56(74)57(6,7)61-46(66)27-31-78-33-32-77-30-26-45(65)58-41-22-19-39(20-23-41)21-24-47(67)64-29-25-48(64)68/h12-14,16-17,19-20,22-23,36-38,42-44,50-52H,11,15,18,21,24-35H2,1-10H3,(H,58,65)(H,59,70)(H,60,74)(H,61,66)(H,72,73)/t37?,38?,42?,43-,44?,50?,51?,52?/m0/s1. The van der Waals surface area contributed by atoms with E-state index in [2.05, 4.69) is 21.3 Å². The fraction of sp³-hybridized carbons (Fsp3) is 0.632. The molecule has 0 bridgehead atoms. The fourth-order valence-electron chi connectivity index (χ4n) is 9.78. The molecule has 2 saturated heterocycles. The first-order chi connectivity index (χ1) is 37.0. The summed E-state index contributed by atoms with van der Waals surface area (Å²) in [6.07, 6.45) is 1.51. The van der Waals surface area contributed by atoms with Crippen LogP contribution in [0.15, 0.2) is 54.6 Å². The number of carboxylic acid groups (broad SMARTS) is 1. The summed E-state index contributed by atoms with van der Waals surface area (Å²) in [5.41, 5.74) is 0.846. The molecule has 21 nitrogen and oxygen atoms in total. The van der Waals surface area contributed by atoms with Gasteiger partial charge in [0.2, 0.25) is 47.3 Å². The topological polar surface area (TPSA) is 269 Å². The number of β-lactam (4-membered cyclic amide) rings is 1. The lowest BCUT2D eigenvalue weighted by molar-refractivity contribution is -0.152. The number of methoxy groups -OCH3 is 2. The van der Waals surface area contributed by atoms with Crippen molar-refractivity contribution in [2.45, 2.75) is 155 Å². The van der Waals surface area contributed by atoms with Crippen molar-refractivity contribution in [3.05, 3.63) is 65.7 Å². The van der Waals surface area contributed by atoms with E-state index in [4.69, 9.17) is 18.9 Å². The summed E-state index contributed by atoms with van der Waals surface area (Å²) in [7, 11) is 4.59. The number of likely N-dealkylation sites (tertiary alicyclic amines) is 2. The number of aryl methyl sites for hydroxylation is 1. The number of ether oxygens (including phenoxy) is 4. The number of rotatable bonds is 33. The zero-order chi connectivity index (χ0) is 57.7. The number of hydrogen-bond acceptors (Lipinski definition) is 13. The second-order valence-corrected chi connectivity index (χ2v) is 21.2. The van der Waals surface area contributed by atoms with Gasteiger partial charge in [0.1, 0.15) is 17.6 Å². The van der Waals surface area contributed by atoms with Gasteiger partial charge in [-0.25, -0.2) is 4.79 Å². The van der Waals surface area contributed by atoms with Gasteiger partial charge in [0.05, 0.1) is 69.5 Å². The molecule has 2 aliphatic rings. The molecule has 2 aliphatic heterocycles. The average molecular weight is 1090 g/mol. The molecule has 432 valence electrons. The second-order valence-electron chi connectivity index (χ2n) is 21.2. The lowest BCUT2D eigenvalue weighted by Gasteiger charge is -2.41. The van der Waals surface area contributed by atoms with E-state index in [9.17, 15) is 48.3 Å². The van der Waals surface area contributed by atoms with E-state index in [0.29, 0.717) is 50.9 Å². The van der Waals surface area contributed by atoms with Crippen molar-refractivity contribution in [2.75, 3.05) is 66.1 Å². The molecule has 0 radical (unpaired) electrons. The number of carbonyl (C=O) groups is 9. The minimum atomic E-state index is -1.42. The van der Waals surface area contributed by atoms with Crippen molar-refractivity contribution < 1.29 is 67.2 Å². The minimum Gasteiger partial charge on any atom is -0.480 e. The van der Waals surface area contributed by atoms with Crippen molar-refractivity contribution in [2.24, 2.45) is 17.8 Å². The third-order valence-electron chi connectivity index (χ3n) is 14.7. The van der Waals surface area contributed by atoms with Gasteiger partial charge in [-0.05, 0) is 68.2 Å².